The molecule has 0 radical (unpaired) electrons. The topological polar surface area (TPSA) is 123 Å². The number of aryl methyl sites for hydroxylation is 1. The number of carbonyl (C=O) groups excluding carboxylic acids is 1. The second-order valence-corrected chi connectivity index (χ2v) is 11.9. The third kappa shape index (κ3) is 12.2. The number of carbonyl (C=O) groups is 2. The zero-order valence-electron chi connectivity index (χ0n) is 22.2. The predicted octanol–water partition coefficient (Wildman–Crippen LogP) is 6.37. The van der Waals surface area contributed by atoms with Gasteiger partial charge in [-0.25, -0.2) is 18.2 Å². The summed E-state index contributed by atoms with van der Waals surface area (Å²) in [6.45, 7) is 5.66. The molecule has 2 rings (SSSR count). The van der Waals surface area contributed by atoms with E-state index in [1.807, 2.05) is 26.8 Å². The first-order valence-electron chi connectivity index (χ1n) is 13.0. The number of hydrogen-bond donors (Lipinski definition) is 2. The Balaban J connectivity index is 1.62. The zero-order chi connectivity index (χ0) is 27.3. The molecule has 0 saturated heterocycles. The highest BCUT2D eigenvalue weighted by atomic mass is 32.2. The lowest BCUT2D eigenvalue weighted by molar-refractivity contribution is -0.154. The highest BCUT2D eigenvalue weighted by molar-refractivity contribution is 7.92. The first kappa shape index (κ1) is 30.3. The van der Waals surface area contributed by atoms with E-state index >= 15 is 0 Å². The molecule has 1 aromatic carbocycles. The summed E-state index contributed by atoms with van der Waals surface area (Å²) in [5.74, 6) is -1.17. The van der Waals surface area contributed by atoms with Crippen LogP contribution in [0.3, 0.4) is 0 Å². The van der Waals surface area contributed by atoms with Crippen molar-refractivity contribution in [2.24, 2.45) is 0 Å². The number of sulfonamides is 1. The van der Waals surface area contributed by atoms with Gasteiger partial charge in [0, 0.05) is 12.6 Å². The van der Waals surface area contributed by atoms with E-state index in [-0.39, 0.29) is 22.2 Å². The van der Waals surface area contributed by atoms with Gasteiger partial charge in [-0.1, -0.05) is 57.1 Å². The van der Waals surface area contributed by atoms with Crippen LogP contribution in [0.25, 0.3) is 0 Å². The Morgan fingerprint density at radius 2 is 1.54 bits per heavy atom. The highest BCUT2D eigenvalue weighted by Gasteiger charge is 2.16. The summed E-state index contributed by atoms with van der Waals surface area (Å²) >= 11 is 0. The fraction of sp³-hybridized carbons (Fsp3) is 0.536. The first-order valence-corrected chi connectivity index (χ1v) is 14.5. The van der Waals surface area contributed by atoms with Crippen LogP contribution < -0.4 is 4.72 Å². The van der Waals surface area contributed by atoms with Crippen molar-refractivity contribution < 1.29 is 27.9 Å². The molecule has 37 heavy (non-hydrogen) atoms. The second-order valence-electron chi connectivity index (χ2n) is 10.3. The van der Waals surface area contributed by atoms with Gasteiger partial charge in [-0.3, -0.25) is 9.52 Å². The molecular weight excluding hydrogens is 492 g/mol. The van der Waals surface area contributed by atoms with E-state index in [0.29, 0.717) is 6.42 Å². The van der Waals surface area contributed by atoms with Crippen LogP contribution in [0.15, 0.2) is 47.5 Å². The van der Waals surface area contributed by atoms with Gasteiger partial charge in [-0.05, 0) is 69.9 Å². The van der Waals surface area contributed by atoms with Crippen molar-refractivity contribution in [3.63, 3.8) is 0 Å². The van der Waals surface area contributed by atoms with Gasteiger partial charge in [-0.2, -0.15) is 0 Å². The average molecular weight is 533 g/mol. The normalized spacial score (nSPS) is 11.8. The summed E-state index contributed by atoms with van der Waals surface area (Å²) < 4.78 is 33.1. The summed E-state index contributed by atoms with van der Waals surface area (Å²) in [6, 6.07) is 9.49. The zero-order valence-corrected chi connectivity index (χ0v) is 23.0. The van der Waals surface area contributed by atoms with Crippen molar-refractivity contribution in [1.29, 1.82) is 0 Å². The molecule has 0 saturated carbocycles. The lowest BCUT2D eigenvalue weighted by Gasteiger charge is -2.19. The van der Waals surface area contributed by atoms with Crippen LogP contribution in [0.2, 0.25) is 0 Å². The minimum absolute atomic E-state index is 0.0137. The van der Waals surface area contributed by atoms with Gasteiger partial charge in [0.25, 0.3) is 10.0 Å². The number of rotatable bonds is 16. The van der Waals surface area contributed by atoms with Gasteiger partial charge in [0.2, 0.25) is 0 Å². The lowest BCUT2D eigenvalue weighted by atomic mass is 10.0. The summed E-state index contributed by atoms with van der Waals surface area (Å²) in [5, 5.41) is 8.94. The Kier molecular flexibility index (Phi) is 12.0. The summed E-state index contributed by atoms with van der Waals surface area (Å²) in [6.07, 6.45) is 12.3. The number of aromatic carboxylic acids is 1. The third-order valence-electron chi connectivity index (χ3n) is 5.72. The molecular formula is C28H40N2O6S. The van der Waals surface area contributed by atoms with E-state index in [9.17, 15) is 18.0 Å². The van der Waals surface area contributed by atoms with Gasteiger partial charge in [-0.15, -0.1) is 0 Å². The van der Waals surface area contributed by atoms with E-state index < -0.39 is 21.6 Å². The van der Waals surface area contributed by atoms with E-state index in [4.69, 9.17) is 9.84 Å². The van der Waals surface area contributed by atoms with Gasteiger partial charge >= 0.3 is 11.9 Å². The maximum absolute atomic E-state index is 12.7. The van der Waals surface area contributed by atoms with E-state index in [0.717, 1.165) is 56.7 Å². The average Bonchev–Trinajstić information content (AvgIpc) is 2.81. The van der Waals surface area contributed by atoms with E-state index in [1.54, 1.807) is 12.1 Å². The number of esters is 1. The molecule has 1 heterocycles. The molecule has 2 aromatic rings. The van der Waals surface area contributed by atoms with Crippen molar-refractivity contribution in [1.82, 2.24) is 4.98 Å². The molecule has 0 spiro atoms. The fourth-order valence-electron chi connectivity index (χ4n) is 3.87. The summed E-state index contributed by atoms with van der Waals surface area (Å²) in [4.78, 5) is 26.6. The van der Waals surface area contributed by atoms with Crippen molar-refractivity contribution in [2.45, 2.75) is 102 Å². The minimum atomic E-state index is -3.82. The number of pyridine rings is 1. The van der Waals surface area contributed by atoms with E-state index in [2.05, 4.69) is 9.71 Å². The largest absolute Gasteiger partial charge is 0.478 e. The molecule has 0 aliphatic rings. The van der Waals surface area contributed by atoms with Crippen LogP contribution >= 0.6 is 0 Å². The number of carboxylic acid groups (broad SMARTS) is 1. The molecule has 0 fully saturated rings. The predicted molar refractivity (Wildman–Crippen MR) is 144 cm³/mol. The van der Waals surface area contributed by atoms with Crippen molar-refractivity contribution in [3.8, 4) is 0 Å². The molecule has 0 aliphatic heterocycles. The molecule has 0 aliphatic carbocycles. The lowest BCUT2D eigenvalue weighted by Crippen LogP contribution is -2.23. The summed E-state index contributed by atoms with van der Waals surface area (Å²) in [7, 11) is -3.82. The van der Waals surface area contributed by atoms with Gasteiger partial charge in [0.05, 0.1) is 10.5 Å². The van der Waals surface area contributed by atoms with Crippen molar-refractivity contribution in [2.75, 3.05) is 4.72 Å². The quantitative estimate of drug-likeness (QED) is 0.190. The standard InChI is InChI=1S/C28H40N2O6S/c1-28(2,3)36-26(31)17-12-10-8-6-4-5-7-9-11-14-22-15-13-16-24(20-22)37(34,35)30-25-19-18-23(21-29-25)27(32)33/h13,15-16,18-21H,4-12,14,17H2,1-3H3,(H,29,30)(H,32,33). The number of benzene rings is 1. The van der Waals surface area contributed by atoms with Crippen LogP contribution in [0.4, 0.5) is 5.82 Å². The highest BCUT2D eigenvalue weighted by Crippen LogP contribution is 2.18. The van der Waals surface area contributed by atoms with Crippen LogP contribution in [-0.2, 0) is 26.0 Å². The molecule has 0 atom stereocenters. The monoisotopic (exact) mass is 532 g/mol. The van der Waals surface area contributed by atoms with Crippen LogP contribution in [0.1, 0.15) is 101 Å². The number of nitrogens with zero attached hydrogens (tertiary/aromatic N) is 1. The van der Waals surface area contributed by atoms with E-state index in [1.165, 1.54) is 37.5 Å². The number of carboxylic acids is 1. The van der Waals surface area contributed by atoms with Gasteiger partial charge in [0.1, 0.15) is 11.4 Å². The molecule has 0 amide bonds. The third-order valence-corrected chi connectivity index (χ3v) is 7.08. The molecule has 0 unspecified atom stereocenters. The Morgan fingerprint density at radius 1 is 0.919 bits per heavy atom. The smallest absolute Gasteiger partial charge is 0.337 e. The van der Waals surface area contributed by atoms with Crippen LogP contribution in [-0.4, -0.2) is 36.0 Å². The van der Waals surface area contributed by atoms with Crippen LogP contribution in [0.5, 0.6) is 0 Å². The molecule has 8 nitrogen and oxygen atoms in total. The minimum Gasteiger partial charge on any atom is -0.478 e. The number of unbranched alkanes of at least 4 members (excludes halogenated alkanes) is 8. The second kappa shape index (κ2) is 14.7. The van der Waals surface area contributed by atoms with Gasteiger partial charge in [0.15, 0.2) is 0 Å². The molecule has 204 valence electrons. The number of nitrogens with one attached hydrogen (secondary N) is 1. The summed E-state index contributed by atoms with van der Waals surface area (Å²) in [5.41, 5.74) is 0.536. The van der Waals surface area contributed by atoms with Crippen molar-refractivity contribution >= 4 is 27.8 Å². The number of anilines is 1. The molecule has 1 aromatic heterocycles. The molecule has 9 heteroatoms. The number of ether oxygens (including phenoxy) is 1. The van der Waals surface area contributed by atoms with Gasteiger partial charge < -0.3 is 9.84 Å². The Hall–Kier alpha value is -2.94. The van der Waals surface area contributed by atoms with Crippen molar-refractivity contribution in [3.05, 3.63) is 53.7 Å². The number of aromatic nitrogens is 1. The van der Waals surface area contributed by atoms with Crippen LogP contribution in [0, 0.1) is 0 Å². The molecule has 2 N–H and O–H groups in total. The maximum Gasteiger partial charge on any atom is 0.337 e. The first-order chi connectivity index (χ1) is 17.5. The SMILES string of the molecule is CC(C)(C)OC(=O)CCCCCCCCCCCc1cccc(S(=O)(=O)Nc2ccc(C(=O)O)cn2)c1. The number of hydrogen-bond acceptors (Lipinski definition) is 6. The Bertz CT molecular complexity index is 1110. The Morgan fingerprint density at radius 3 is 2.11 bits per heavy atom. The fourth-order valence-corrected chi connectivity index (χ4v) is 4.95. The Labute approximate surface area is 220 Å². The maximum atomic E-state index is 12.7. The molecule has 0 bridgehead atoms.